The van der Waals surface area contributed by atoms with Gasteiger partial charge in [-0.2, -0.15) is 0 Å². The van der Waals surface area contributed by atoms with Crippen LogP contribution < -0.4 is 58.8 Å². The van der Waals surface area contributed by atoms with Crippen molar-refractivity contribution in [2.45, 2.75) is 328 Å². The summed E-state index contributed by atoms with van der Waals surface area (Å²) in [7, 11) is 2.06. The Morgan fingerprint density at radius 1 is 0.266 bits per heavy atom. The summed E-state index contributed by atoms with van der Waals surface area (Å²) in [6, 6.07) is 27.5. The van der Waals surface area contributed by atoms with Crippen molar-refractivity contribution in [1.29, 1.82) is 0 Å². The highest BCUT2D eigenvalue weighted by Gasteiger charge is 2.44. The Hall–Kier alpha value is -8.02. The van der Waals surface area contributed by atoms with Crippen molar-refractivity contribution in [3.8, 4) is 0 Å². The van der Waals surface area contributed by atoms with E-state index < -0.39 is 41.9 Å². The van der Waals surface area contributed by atoms with E-state index in [0.717, 1.165) is 62.8 Å². The topological polar surface area (TPSA) is 96.9 Å². The first-order valence-electron chi connectivity index (χ1n) is 47.8. The van der Waals surface area contributed by atoms with Crippen LogP contribution in [0.3, 0.4) is 0 Å². The molecule has 0 radical (unpaired) electrons. The lowest BCUT2D eigenvalue weighted by Crippen LogP contribution is -2.49. The standard InChI is InChI=1S/2C17H28N2.C13H20N2.2C12H19N3.C11H18N4.C9H18N2/c1-12-18(8)15-11-13(16(2,3)4)9-10-14(15)19(12)17(5,6)7;1-12-18(8)14-10-9-13(16(2,3)4)11-15(14)19(12)17(5,6)7;1-10-14(5)11-8-6-7-9-12(11)15(10)13(2,3)4;1-9-14(5)11-10(7-6-8-13-11)15(9)12(2,3)4;1-9-14(5)10-7-6-8-13-11(10)15(9)12(2,3)4;1-8-14(5)9-10(13-7-6-12-9)15(8)11(2,3)4;1-8-10(5)6-7-11(8)9(2,3)4/h2*9-12H,1-8H3;6-10H,1-5H3;2*6-9H,1-5H3;6-8H,1-5H3;6-8H,1-5H3/i2*8D3;3*5D3;;5D3. The van der Waals surface area contributed by atoms with Gasteiger partial charge in [0.25, 0.3) is 0 Å². The summed E-state index contributed by atoms with van der Waals surface area (Å²) in [4.78, 5) is 43.5. The minimum Gasteiger partial charge on any atom is -0.359 e. The molecule has 0 amide bonds. The molecule has 109 heavy (non-hydrogen) atoms. The summed E-state index contributed by atoms with van der Waals surface area (Å²) in [6.45, 7) is 58.2. The highest BCUT2D eigenvalue weighted by Crippen LogP contribution is 2.49. The molecule has 3 aromatic carbocycles. The maximum atomic E-state index is 7.94. The SMILES string of the molecule is CC1N(C)c2nccnc2N1C(C)(C)C.[2H]C([2H])([2H])N1C=CN(C(C)(C)C)C1C.[2H]C([2H])([2H])N1c2cc(C(C)(C)C)ccc2N(C(C)(C)C)C1C.[2H]C([2H])([2H])N1c2ccc(C(C)(C)C)cc2N(C(C)(C)C)C1C.[2H]C([2H])([2H])N1c2ccccc2N(C(C)(C)C)C1C.[2H]C([2H])([2H])N1c2cccnc2N(C(C)(C)C)C1C.[2H]C([2H])([2H])N1c2ncccc2N(C(C)(C)C)C1C. The van der Waals surface area contributed by atoms with Gasteiger partial charge in [0.15, 0.2) is 23.3 Å². The minimum absolute atomic E-state index is 0.00612. The summed E-state index contributed by atoms with van der Waals surface area (Å²) in [6.07, 6.45) is 9.49. The number of pyridine rings is 2. The fraction of sp³-hybridized carbons (Fsp3) is 0.626. The van der Waals surface area contributed by atoms with Gasteiger partial charge in [0.1, 0.15) is 18.5 Å². The Bertz CT molecular complexity index is 4280. The molecule has 7 aliphatic heterocycles. The van der Waals surface area contributed by atoms with Crippen LogP contribution in [0, 0.1) is 0 Å². The number of rotatable bonds is 0. The smallest absolute Gasteiger partial charge is 0.174 e. The largest absolute Gasteiger partial charge is 0.359 e. The molecule has 0 N–H and O–H groups in total. The number of anilines is 12. The molecule has 7 atom stereocenters. The van der Waals surface area contributed by atoms with E-state index in [-0.39, 0.29) is 86.6 Å². The highest BCUT2D eigenvalue weighted by atomic mass is 15.5. The van der Waals surface area contributed by atoms with Crippen LogP contribution in [0.1, 0.15) is 271 Å². The summed E-state index contributed by atoms with van der Waals surface area (Å²) < 4.78 is 139. The molecule has 7 aliphatic rings. The van der Waals surface area contributed by atoms with Gasteiger partial charge in [-0.1, -0.05) is 65.8 Å². The first kappa shape index (κ1) is 64.6. The molecule has 0 spiro atoms. The molecule has 13 rings (SSSR count). The van der Waals surface area contributed by atoms with Crippen molar-refractivity contribution in [3.05, 3.63) is 133 Å². The second-order valence-electron chi connectivity index (χ2n) is 38.7. The van der Waals surface area contributed by atoms with Gasteiger partial charge < -0.3 is 68.6 Å². The number of nitrogens with zero attached hydrogens (tertiary/aromatic N) is 18. The summed E-state index contributed by atoms with van der Waals surface area (Å²) in [5.74, 6) is 3.24. The van der Waals surface area contributed by atoms with Gasteiger partial charge in [-0.3, -0.25) is 0 Å². The Balaban J connectivity index is 0.000000204. The zero-order valence-electron chi connectivity index (χ0n) is 91.1. The van der Waals surface area contributed by atoms with Crippen molar-refractivity contribution < 1.29 is 24.7 Å². The number of para-hydroxylation sites is 2. The summed E-state index contributed by atoms with van der Waals surface area (Å²) in [5.41, 5.74) is 8.68. The first-order valence-corrected chi connectivity index (χ1v) is 38.8. The third kappa shape index (κ3) is 19.0. The summed E-state index contributed by atoms with van der Waals surface area (Å²) >= 11 is 0. The number of hydrogen-bond donors (Lipinski definition) is 0. The lowest BCUT2D eigenvalue weighted by molar-refractivity contribution is 0.104. The van der Waals surface area contributed by atoms with Crippen molar-refractivity contribution >= 4 is 68.8 Å². The molecule has 18 nitrogen and oxygen atoms in total. The monoisotopic (exact) mass is 1510 g/mol. The zero-order valence-corrected chi connectivity index (χ0v) is 73.1. The van der Waals surface area contributed by atoms with E-state index in [0.29, 0.717) is 17.7 Å². The minimum atomic E-state index is -2.18. The van der Waals surface area contributed by atoms with Crippen molar-refractivity contribution in [3.63, 3.8) is 0 Å². The fourth-order valence-electron chi connectivity index (χ4n) is 15.7. The molecule has 0 bridgehead atoms. The van der Waals surface area contributed by atoms with Crippen LogP contribution in [0.15, 0.2) is 122 Å². The second kappa shape index (κ2) is 32.0. The van der Waals surface area contributed by atoms with Gasteiger partial charge in [-0.25, -0.2) is 19.9 Å². The maximum absolute atomic E-state index is 7.94. The molecule has 6 aromatic rings. The first-order chi connectivity index (χ1) is 57.0. The molecule has 0 aliphatic carbocycles. The maximum Gasteiger partial charge on any atom is 0.174 e. The fourth-order valence-corrected chi connectivity index (χ4v) is 15.7. The van der Waals surface area contributed by atoms with Crippen LogP contribution in [0.4, 0.5) is 68.8 Å². The van der Waals surface area contributed by atoms with Crippen molar-refractivity contribution in [2.24, 2.45) is 0 Å². The van der Waals surface area contributed by atoms with Crippen LogP contribution in [0.25, 0.3) is 0 Å². The van der Waals surface area contributed by atoms with Crippen LogP contribution in [0.5, 0.6) is 0 Å². The van der Waals surface area contributed by atoms with Gasteiger partial charge in [0.2, 0.25) is 0 Å². The number of aromatic nitrogens is 4. The van der Waals surface area contributed by atoms with E-state index in [1.807, 2.05) is 107 Å². The Morgan fingerprint density at radius 2 is 0.596 bits per heavy atom. The quantitative estimate of drug-likeness (QED) is 0.144. The second-order valence-corrected chi connectivity index (χ2v) is 38.7. The Labute approximate surface area is 689 Å². The number of hydrogen-bond acceptors (Lipinski definition) is 18. The van der Waals surface area contributed by atoms with Crippen LogP contribution in [-0.4, -0.2) is 161 Å². The molecule has 18 heteroatoms. The molecule has 0 saturated heterocycles. The van der Waals surface area contributed by atoms with E-state index in [9.17, 15) is 0 Å². The predicted molar refractivity (Wildman–Crippen MR) is 476 cm³/mol. The molecule has 10 heterocycles. The van der Waals surface area contributed by atoms with Gasteiger partial charge in [-0.05, 0) is 276 Å². The highest BCUT2D eigenvalue weighted by molar-refractivity contribution is 5.82. The molecular formula is C91H150N18. The lowest BCUT2D eigenvalue weighted by atomic mass is 9.86. The molecule has 3 aromatic heterocycles. The van der Waals surface area contributed by atoms with Crippen molar-refractivity contribution in [2.75, 3.05) is 108 Å². The zero-order chi connectivity index (χ0) is 97.7. The Kier molecular flexibility index (Phi) is 19.0. The molecule has 604 valence electrons. The van der Waals surface area contributed by atoms with Crippen molar-refractivity contribution in [1.82, 2.24) is 29.7 Å². The predicted octanol–water partition coefficient (Wildman–Crippen LogP) is 20.5. The average Bonchev–Trinajstić information content (AvgIpc) is 1.60. The third-order valence-corrected chi connectivity index (χ3v) is 20.8. The van der Waals surface area contributed by atoms with E-state index in [1.54, 1.807) is 46.9 Å². The van der Waals surface area contributed by atoms with Gasteiger partial charge >= 0.3 is 0 Å². The van der Waals surface area contributed by atoms with Gasteiger partial charge in [0.05, 0.1) is 70.2 Å². The normalized spacial score (nSPS) is 24.0. The summed E-state index contributed by atoms with van der Waals surface area (Å²) in [5, 5.41) is 0. The molecule has 0 saturated carbocycles. The molecule has 7 unspecified atom stereocenters. The van der Waals surface area contributed by atoms with E-state index >= 15 is 0 Å². The number of benzene rings is 3. The van der Waals surface area contributed by atoms with Crippen LogP contribution >= 0.6 is 0 Å². The van der Waals surface area contributed by atoms with Crippen LogP contribution in [-0.2, 0) is 10.8 Å². The average molecular weight is 1510 g/mol. The lowest BCUT2D eigenvalue weighted by Gasteiger charge is -2.39. The van der Waals surface area contributed by atoms with E-state index in [4.69, 9.17) is 24.7 Å². The Morgan fingerprint density at radius 3 is 1.03 bits per heavy atom. The molecule has 0 fully saturated rings. The van der Waals surface area contributed by atoms with Gasteiger partial charge in [-0.15, -0.1) is 0 Å². The van der Waals surface area contributed by atoms with Gasteiger partial charge in [0, 0.05) is 150 Å². The molecular weight excluding hydrogens is 1350 g/mol. The van der Waals surface area contributed by atoms with Crippen LogP contribution in [0.2, 0.25) is 0 Å². The van der Waals surface area contributed by atoms with E-state index in [1.165, 1.54) is 25.2 Å². The third-order valence-electron chi connectivity index (χ3n) is 20.8. The number of fused-ring (bicyclic) bond motifs is 6. The van der Waals surface area contributed by atoms with E-state index in [2.05, 4.69) is 279 Å².